The van der Waals surface area contributed by atoms with E-state index in [9.17, 15) is 9.90 Å². The SMILES string of the molecule is Cc1ccc(-c2csc(-n3nc(C)cc3C(=O)O)n2)cc1. The largest absolute Gasteiger partial charge is 0.477 e. The van der Waals surface area contributed by atoms with E-state index in [1.807, 2.05) is 36.6 Å². The zero-order valence-electron chi connectivity index (χ0n) is 11.6. The van der Waals surface area contributed by atoms with Crippen LogP contribution in [-0.2, 0) is 0 Å². The predicted molar refractivity (Wildman–Crippen MR) is 81.1 cm³/mol. The van der Waals surface area contributed by atoms with Crippen molar-refractivity contribution in [1.29, 1.82) is 0 Å². The van der Waals surface area contributed by atoms with Crippen LogP contribution in [0.4, 0.5) is 0 Å². The van der Waals surface area contributed by atoms with Crippen molar-refractivity contribution in [3.8, 4) is 16.4 Å². The Bertz CT molecular complexity index is 803. The second-order valence-corrected chi connectivity index (χ2v) is 5.61. The molecule has 0 spiro atoms. The van der Waals surface area contributed by atoms with E-state index in [1.165, 1.54) is 27.6 Å². The first-order valence-electron chi connectivity index (χ1n) is 6.37. The molecule has 5 nitrogen and oxygen atoms in total. The first-order valence-corrected chi connectivity index (χ1v) is 7.25. The van der Waals surface area contributed by atoms with E-state index in [2.05, 4.69) is 10.1 Å². The van der Waals surface area contributed by atoms with Crippen LogP contribution in [0.15, 0.2) is 35.7 Å². The van der Waals surface area contributed by atoms with Crippen LogP contribution < -0.4 is 0 Å². The van der Waals surface area contributed by atoms with E-state index in [1.54, 1.807) is 6.92 Å². The summed E-state index contributed by atoms with van der Waals surface area (Å²) in [7, 11) is 0. The molecule has 0 saturated carbocycles. The second-order valence-electron chi connectivity index (χ2n) is 4.77. The van der Waals surface area contributed by atoms with Crippen molar-refractivity contribution in [1.82, 2.24) is 14.8 Å². The molecule has 106 valence electrons. The molecule has 0 bridgehead atoms. The fourth-order valence-electron chi connectivity index (χ4n) is 2.02. The Morgan fingerprint density at radius 1 is 1.24 bits per heavy atom. The highest BCUT2D eigenvalue weighted by Crippen LogP contribution is 2.25. The van der Waals surface area contributed by atoms with Gasteiger partial charge in [-0.2, -0.15) is 9.78 Å². The van der Waals surface area contributed by atoms with E-state index in [4.69, 9.17) is 0 Å². The number of carboxylic acids is 1. The maximum absolute atomic E-state index is 11.2. The van der Waals surface area contributed by atoms with Crippen LogP contribution in [0, 0.1) is 13.8 Å². The first-order chi connectivity index (χ1) is 10.0. The molecule has 3 aromatic rings. The molecule has 0 aliphatic rings. The fourth-order valence-corrected chi connectivity index (χ4v) is 2.81. The fraction of sp³-hybridized carbons (Fsp3) is 0.133. The molecular weight excluding hydrogens is 286 g/mol. The molecule has 2 heterocycles. The van der Waals surface area contributed by atoms with Crippen LogP contribution in [0.2, 0.25) is 0 Å². The van der Waals surface area contributed by atoms with Gasteiger partial charge in [0.05, 0.1) is 11.4 Å². The topological polar surface area (TPSA) is 68.0 Å². The lowest BCUT2D eigenvalue weighted by Crippen LogP contribution is -2.07. The Kier molecular flexibility index (Phi) is 3.31. The number of rotatable bonds is 3. The van der Waals surface area contributed by atoms with Crippen molar-refractivity contribution in [3.05, 3.63) is 52.7 Å². The Morgan fingerprint density at radius 2 is 1.95 bits per heavy atom. The van der Waals surface area contributed by atoms with Gasteiger partial charge >= 0.3 is 5.97 Å². The van der Waals surface area contributed by atoms with Gasteiger partial charge in [-0.3, -0.25) is 0 Å². The number of thiazole rings is 1. The normalized spacial score (nSPS) is 10.8. The molecule has 21 heavy (non-hydrogen) atoms. The molecule has 3 rings (SSSR count). The molecule has 0 radical (unpaired) electrons. The monoisotopic (exact) mass is 299 g/mol. The molecule has 0 saturated heterocycles. The summed E-state index contributed by atoms with van der Waals surface area (Å²) in [5.41, 5.74) is 3.78. The molecular formula is C15H13N3O2S. The summed E-state index contributed by atoms with van der Waals surface area (Å²) in [4.78, 5) is 15.7. The summed E-state index contributed by atoms with van der Waals surface area (Å²) >= 11 is 1.37. The van der Waals surface area contributed by atoms with Crippen LogP contribution in [0.25, 0.3) is 16.4 Å². The number of benzene rings is 1. The van der Waals surface area contributed by atoms with E-state index in [0.29, 0.717) is 10.8 Å². The van der Waals surface area contributed by atoms with Crippen molar-refractivity contribution >= 4 is 17.3 Å². The van der Waals surface area contributed by atoms with E-state index in [0.717, 1.165) is 11.3 Å². The van der Waals surface area contributed by atoms with Crippen molar-refractivity contribution in [2.45, 2.75) is 13.8 Å². The molecule has 1 N–H and O–H groups in total. The summed E-state index contributed by atoms with van der Waals surface area (Å²) in [6.07, 6.45) is 0. The van der Waals surface area contributed by atoms with Gasteiger partial charge in [0.15, 0.2) is 5.69 Å². The van der Waals surface area contributed by atoms with Crippen molar-refractivity contribution in [2.24, 2.45) is 0 Å². The van der Waals surface area contributed by atoms with Gasteiger partial charge in [-0.25, -0.2) is 9.78 Å². The summed E-state index contributed by atoms with van der Waals surface area (Å²) in [5.74, 6) is -1.01. The number of carboxylic acid groups (broad SMARTS) is 1. The van der Waals surface area contributed by atoms with Crippen molar-refractivity contribution < 1.29 is 9.90 Å². The lowest BCUT2D eigenvalue weighted by atomic mass is 10.1. The molecule has 0 atom stereocenters. The third kappa shape index (κ3) is 2.57. The minimum absolute atomic E-state index is 0.123. The Balaban J connectivity index is 2.02. The molecule has 1 aromatic carbocycles. The van der Waals surface area contributed by atoms with Gasteiger partial charge in [-0.15, -0.1) is 11.3 Å². The minimum Gasteiger partial charge on any atom is -0.477 e. The van der Waals surface area contributed by atoms with Gasteiger partial charge < -0.3 is 5.11 Å². The summed E-state index contributed by atoms with van der Waals surface area (Å²) in [5, 5.41) is 15.9. The van der Waals surface area contributed by atoms with Gasteiger partial charge in [0, 0.05) is 10.9 Å². The van der Waals surface area contributed by atoms with Crippen LogP contribution >= 0.6 is 11.3 Å². The summed E-state index contributed by atoms with van der Waals surface area (Å²) in [6, 6.07) is 9.58. The quantitative estimate of drug-likeness (QED) is 0.805. The average Bonchev–Trinajstić information content (AvgIpc) is 3.06. The summed E-state index contributed by atoms with van der Waals surface area (Å²) in [6.45, 7) is 3.79. The van der Waals surface area contributed by atoms with E-state index >= 15 is 0 Å². The van der Waals surface area contributed by atoms with Crippen molar-refractivity contribution in [2.75, 3.05) is 0 Å². The zero-order valence-corrected chi connectivity index (χ0v) is 12.4. The number of nitrogens with zero attached hydrogens (tertiary/aromatic N) is 3. The molecule has 0 unspecified atom stereocenters. The summed E-state index contributed by atoms with van der Waals surface area (Å²) < 4.78 is 1.38. The maximum Gasteiger partial charge on any atom is 0.354 e. The molecule has 0 aliphatic carbocycles. The number of carbonyl (C=O) groups is 1. The van der Waals surface area contributed by atoms with Crippen LogP contribution in [-0.4, -0.2) is 25.8 Å². The maximum atomic E-state index is 11.2. The number of aromatic nitrogens is 3. The molecule has 0 fully saturated rings. The second kappa shape index (κ2) is 5.14. The Hall–Kier alpha value is -2.47. The van der Waals surface area contributed by atoms with Gasteiger partial charge in [0.2, 0.25) is 5.13 Å². The standard InChI is InChI=1S/C15H13N3O2S/c1-9-3-5-11(6-4-9)12-8-21-15(16-12)18-13(14(19)20)7-10(2)17-18/h3-8H,1-2H3,(H,19,20). The number of aromatic carboxylic acids is 1. The third-order valence-corrected chi connectivity index (χ3v) is 3.89. The lowest BCUT2D eigenvalue weighted by molar-refractivity contribution is 0.0687. The van der Waals surface area contributed by atoms with E-state index < -0.39 is 5.97 Å². The highest BCUT2D eigenvalue weighted by atomic mass is 32.1. The van der Waals surface area contributed by atoms with Crippen molar-refractivity contribution in [3.63, 3.8) is 0 Å². The number of aryl methyl sites for hydroxylation is 2. The first kappa shape index (κ1) is 13.5. The van der Waals surface area contributed by atoms with Crippen LogP contribution in [0.1, 0.15) is 21.7 Å². The van der Waals surface area contributed by atoms with Gasteiger partial charge in [0.25, 0.3) is 0 Å². The molecule has 6 heteroatoms. The van der Waals surface area contributed by atoms with Gasteiger partial charge in [-0.05, 0) is 19.9 Å². The Morgan fingerprint density at radius 3 is 2.62 bits per heavy atom. The van der Waals surface area contributed by atoms with Gasteiger partial charge in [-0.1, -0.05) is 29.8 Å². The van der Waals surface area contributed by atoms with Crippen LogP contribution in [0.3, 0.4) is 0 Å². The highest BCUT2D eigenvalue weighted by Gasteiger charge is 2.16. The third-order valence-electron chi connectivity index (χ3n) is 3.07. The van der Waals surface area contributed by atoms with E-state index in [-0.39, 0.29) is 5.69 Å². The molecule has 0 amide bonds. The van der Waals surface area contributed by atoms with Crippen LogP contribution in [0.5, 0.6) is 0 Å². The van der Waals surface area contributed by atoms with Gasteiger partial charge in [0.1, 0.15) is 0 Å². The number of hydrogen-bond donors (Lipinski definition) is 1. The number of hydrogen-bond acceptors (Lipinski definition) is 4. The highest BCUT2D eigenvalue weighted by molar-refractivity contribution is 7.12. The average molecular weight is 299 g/mol. The molecule has 0 aliphatic heterocycles. The lowest BCUT2D eigenvalue weighted by Gasteiger charge is -1.99. The Labute approximate surface area is 125 Å². The predicted octanol–water partition coefficient (Wildman–Crippen LogP) is 3.31. The smallest absolute Gasteiger partial charge is 0.354 e. The minimum atomic E-state index is -1.01. The zero-order chi connectivity index (χ0) is 15.0. The molecule has 2 aromatic heterocycles.